The van der Waals surface area contributed by atoms with Crippen molar-refractivity contribution in [2.24, 2.45) is 0 Å². The summed E-state index contributed by atoms with van der Waals surface area (Å²) in [6.45, 7) is 11.9. The first-order chi connectivity index (χ1) is 22.9. The molecule has 4 rings (SSSR count). The molecule has 0 saturated carbocycles. The molecule has 0 aliphatic heterocycles. The number of carbonyl (C=O) groups excluding carboxylic acids is 3. The van der Waals surface area contributed by atoms with Gasteiger partial charge in [0.1, 0.15) is 17.7 Å². The molecule has 0 aliphatic carbocycles. The van der Waals surface area contributed by atoms with Crippen molar-refractivity contribution in [3.8, 4) is 0 Å². The van der Waals surface area contributed by atoms with Crippen LogP contribution in [0, 0.1) is 13.8 Å². The number of rotatable bonds is 14. The Balaban J connectivity index is 1.77. The van der Waals surface area contributed by atoms with Gasteiger partial charge >= 0.3 is 6.09 Å². The minimum Gasteiger partial charge on any atom is -0.444 e. The van der Waals surface area contributed by atoms with Gasteiger partial charge in [-0.1, -0.05) is 123 Å². The Bertz CT molecular complexity index is 1660. The van der Waals surface area contributed by atoms with E-state index in [1.165, 1.54) is 0 Å². The van der Waals surface area contributed by atoms with Crippen LogP contribution in [0.5, 0.6) is 0 Å². The van der Waals surface area contributed by atoms with Gasteiger partial charge in [0.15, 0.2) is 0 Å². The Hall–Kier alpha value is -4.65. The Morgan fingerprint density at radius 3 is 2.08 bits per heavy atom. The highest BCUT2D eigenvalue weighted by molar-refractivity contribution is 6.00. The number of benzene rings is 4. The first kappa shape index (κ1) is 36.2. The molecule has 7 heteroatoms. The van der Waals surface area contributed by atoms with Crippen molar-refractivity contribution in [2.45, 2.75) is 97.8 Å². The van der Waals surface area contributed by atoms with Gasteiger partial charge in [-0.15, -0.1) is 0 Å². The van der Waals surface area contributed by atoms with Crippen LogP contribution in [-0.4, -0.2) is 41.0 Å². The second-order valence-corrected chi connectivity index (χ2v) is 13.7. The van der Waals surface area contributed by atoms with E-state index in [4.69, 9.17) is 4.74 Å². The number of unbranched alkanes of at least 4 members (excludes halogenated alkanes) is 4. The van der Waals surface area contributed by atoms with Gasteiger partial charge in [0, 0.05) is 18.7 Å². The Morgan fingerprint density at radius 1 is 0.771 bits per heavy atom. The number of alkyl carbamates (subject to hydrolysis) is 1. The van der Waals surface area contributed by atoms with Crippen molar-refractivity contribution in [3.05, 3.63) is 113 Å². The average Bonchev–Trinajstić information content (AvgIpc) is 3.02. The molecule has 0 bridgehead atoms. The highest BCUT2D eigenvalue weighted by atomic mass is 16.6. The zero-order chi connectivity index (χ0) is 34.7. The van der Waals surface area contributed by atoms with Gasteiger partial charge in [0.25, 0.3) is 5.91 Å². The third-order valence-corrected chi connectivity index (χ3v) is 8.19. The molecule has 2 unspecified atom stereocenters. The standard InChI is InChI=1S/C41H51N3O4/c1-7-8-9-10-16-23-44(39(46)36(27-31-17-12-11-13-18-31)43-40(47)48-41(4,5)6)37(34-25-29(2)24-30(3)26-34)38(45)42-35-22-21-32-19-14-15-20-33(32)28-35/h11-15,17-22,24-26,28,36-37H,7-10,16,23,27H2,1-6H3,(H,42,45)(H,43,47). The van der Waals surface area contributed by atoms with Gasteiger partial charge in [-0.2, -0.15) is 0 Å². The molecule has 2 N–H and O–H groups in total. The maximum Gasteiger partial charge on any atom is 0.408 e. The van der Waals surface area contributed by atoms with Crippen LogP contribution in [0.25, 0.3) is 10.8 Å². The van der Waals surface area contributed by atoms with E-state index in [1.807, 2.05) is 98.8 Å². The lowest BCUT2D eigenvalue weighted by Crippen LogP contribution is -2.53. The minimum absolute atomic E-state index is 0.247. The number of nitrogens with one attached hydrogen (secondary N) is 2. The fraction of sp³-hybridized carbons (Fsp3) is 0.390. The fourth-order valence-corrected chi connectivity index (χ4v) is 6.07. The second kappa shape index (κ2) is 17.0. The topological polar surface area (TPSA) is 87.7 Å². The second-order valence-electron chi connectivity index (χ2n) is 13.7. The molecule has 3 amide bonds. The summed E-state index contributed by atoms with van der Waals surface area (Å²) in [5.74, 6) is -0.647. The van der Waals surface area contributed by atoms with Gasteiger partial charge in [0.2, 0.25) is 5.91 Å². The lowest BCUT2D eigenvalue weighted by atomic mass is 9.97. The van der Waals surface area contributed by atoms with Crippen LogP contribution in [-0.2, 0) is 20.7 Å². The van der Waals surface area contributed by atoms with Crippen molar-refractivity contribution in [3.63, 3.8) is 0 Å². The van der Waals surface area contributed by atoms with E-state index in [0.29, 0.717) is 12.2 Å². The number of ether oxygens (including phenoxy) is 1. The summed E-state index contributed by atoms with van der Waals surface area (Å²) in [6.07, 6.45) is 4.46. The van der Waals surface area contributed by atoms with Crippen LogP contribution in [0.3, 0.4) is 0 Å². The Labute approximate surface area is 286 Å². The molecule has 254 valence electrons. The molecule has 4 aromatic carbocycles. The molecule has 4 aromatic rings. The van der Waals surface area contributed by atoms with Gasteiger partial charge in [-0.3, -0.25) is 9.59 Å². The third kappa shape index (κ3) is 10.7. The summed E-state index contributed by atoms with van der Waals surface area (Å²) in [7, 11) is 0. The largest absolute Gasteiger partial charge is 0.444 e. The monoisotopic (exact) mass is 649 g/mol. The highest BCUT2D eigenvalue weighted by Crippen LogP contribution is 2.28. The summed E-state index contributed by atoms with van der Waals surface area (Å²) in [5.41, 5.74) is 3.51. The number of amides is 3. The van der Waals surface area contributed by atoms with Crippen LogP contribution in [0.1, 0.15) is 88.1 Å². The summed E-state index contributed by atoms with van der Waals surface area (Å²) in [5, 5.41) is 8.08. The lowest BCUT2D eigenvalue weighted by Gasteiger charge is -2.35. The Kier molecular flexibility index (Phi) is 12.8. The minimum atomic E-state index is -0.959. The van der Waals surface area contributed by atoms with E-state index in [0.717, 1.165) is 65.1 Å². The van der Waals surface area contributed by atoms with Crippen molar-refractivity contribution in [1.29, 1.82) is 0 Å². The van der Waals surface area contributed by atoms with E-state index < -0.39 is 23.8 Å². The van der Waals surface area contributed by atoms with E-state index in [2.05, 4.69) is 23.6 Å². The van der Waals surface area contributed by atoms with Gasteiger partial charge in [0.05, 0.1) is 0 Å². The molecule has 0 aromatic heterocycles. The first-order valence-corrected chi connectivity index (χ1v) is 17.2. The number of aryl methyl sites for hydroxylation is 2. The maximum atomic E-state index is 14.9. The molecule has 0 spiro atoms. The van der Waals surface area contributed by atoms with Crippen molar-refractivity contribution in [2.75, 3.05) is 11.9 Å². The van der Waals surface area contributed by atoms with E-state index in [-0.39, 0.29) is 18.2 Å². The molecule has 0 aliphatic rings. The highest BCUT2D eigenvalue weighted by Gasteiger charge is 2.36. The normalized spacial score (nSPS) is 12.6. The number of hydrogen-bond acceptors (Lipinski definition) is 4. The van der Waals surface area contributed by atoms with Crippen LogP contribution in [0.15, 0.2) is 91.0 Å². The maximum absolute atomic E-state index is 14.9. The van der Waals surface area contributed by atoms with Gasteiger partial charge in [-0.25, -0.2) is 4.79 Å². The van der Waals surface area contributed by atoms with Crippen LogP contribution < -0.4 is 10.6 Å². The number of carbonyl (C=O) groups is 3. The summed E-state index contributed by atoms with van der Waals surface area (Å²) in [4.78, 5) is 44.2. The summed E-state index contributed by atoms with van der Waals surface area (Å²) < 4.78 is 5.60. The Morgan fingerprint density at radius 2 is 1.42 bits per heavy atom. The molecule has 7 nitrogen and oxygen atoms in total. The number of anilines is 1. The molecule has 0 fully saturated rings. The fourth-order valence-electron chi connectivity index (χ4n) is 6.07. The van der Waals surface area contributed by atoms with E-state index in [9.17, 15) is 14.4 Å². The predicted octanol–water partition coefficient (Wildman–Crippen LogP) is 9.07. The number of hydrogen-bond donors (Lipinski definition) is 2. The van der Waals surface area contributed by atoms with Gasteiger partial charge in [-0.05, 0) is 75.1 Å². The van der Waals surface area contributed by atoms with Crippen LogP contribution in [0.4, 0.5) is 10.5 Å². The SMILES string of the molecule is CCCCCCCN(C(=O)C(Cc1ccccc1)NC(=O)OC(C)(C)C)C(C(=O)Nc1ccc2ccccc2c1)c1cc(C)cc(C)c1. The molecular formula is C41H51N3O4. The first-order valence-electron chi connectivity index (χ1n) is 17.2. The predicted molar refractivity (Wildman–Crippen MR) is 195 cm³/mol. The van der Waals surface area contributed by atoms with Crippen molar-refractivity contribution < 1.29 is 19.1 Å². The van der Waals surface area contributed by atoms with Crippen LogP contribution in [0.2, 0.25) is 0 Å². The average molecular weight is 650 g/mol. The van der Waals surface area contributed by atoms with Crippen LogP contribution >= 0.6 is 0 Å². The summed E-state index contributed by atoms with van der Waals surface area (Å²) in [6, 6.07) is 27.5. The van der Waals surface area contributed by atoms with Crippen molar-refractivity contribution in [1.82, 2.24) is 10.2 Å². The molecule has 0 radical (unpaired) electrons. The van der Waals surface area contributed by atoms with Gasteiger partial charge < -0.3 is 20.3 Å². The molecule has 2 atom stereocenters. The molecular weight excluding hydrogens is 598 g/mol. The molecule has 48 heavy (non-hydrogen) atoms. The molecule has 0 heterocycles. The number of fused-ring (bicyclic) bond motifs is 1. The van der Waals surface area contributed by atoms with Crippen molar-refractivity contribution >= 4 is 34.4 Å². The van der Waals surface area contributed by atoms with E-state index in [1.54, 1.807) is 25.7 Å². The lowest BCUT2D eigenvalue weighted by molar-refractivity contribution is -0.140. The quantitative estimate of drug-likeness (QED) is 0.133. The third-order valence-electron chi connectivity index (χ3n) is 8.19. The molecule has 0 saturated heterocycles. The smallest absolute Gasteiger partial charge is 0.408 e. The zero-order valence-corrected chi connectivity index (χ0v) is 29.3. The summed E-state index contributed by atoms with van der Waals surface area (Å²) >= 11 is 0. The van der Waals surface area contributed by atoms with E-state index >= 15 is 0 Å². The zero-order valence-electron chi connectivity index (χ0n) is 29.3. The number of nitrogens with zero attached hydrogens (tertiary/aromatic N) is 1.